The third kappa shape index (κ3) is 4.18. The van der Waals surface area contributed by atoms with Crippen molar-refractivity contribution in [1.29, 1.82) is 0 Å². The predicted molar refractivity (Wildman–Crippen MR) is 110 cm³/mol. The molecular weight excluding hydrogens is 420 g/mol. The third-order valence-corrected chi connectivity index (χ3v) is 7.06. The van der Waals surface area contributed by atoms with E-state index in [-0.39, 0.29) is 30.2 Å². The SMILES string of the molecule is O=C(O)CCCN1C(=O)/C(=C\c2cccn2S(=O)(=O)c2ccccc2)SC1=S. The molecule has 2 aromatic rings. The molecule has 28 heavy (non-hydrogen) atoms. The van der Waals surface area contributed by atoms with E-state index in [0.717, 1.165) is 15.7 Å². The number of aliphatic carboxylic acids is 1. The van der Waals surface area contributed by atoms with E-state index < -0.39 is 16.0 Å². The highest BCUT2D eigenvalue weighted by molar-refractivity contribution is 8.26. The van der Waals surface area contributed by atoms with Crippen molar-refractivity contribution in [2.45, 2.75) is 17.7 Å². The number of hydrogen-bond donors (Lipinski definition) is 1. The zero-order valence-electron chi connectivity index (χ0n) is 14.5. The Labute approximate surface area is 171 Å². The molecule has 1 aromatic carbocycles. The summed E-state index contributed by atoms with van der Waals surface area (Å²) < 4.78 is 27.1. The van der Waals surface area contributed by atoms with Crippen LogP contribution in [0.15, 0.2) is 58.5 Å². The maximum Gasteiger partial charge on any atom is 0.303 e. The molecule has 10 heteroatoms. The average molecular weight is 437 g/mol. The van der Waals surface area contributed by atoms with Gasteiger partial charge in [0.15, 0.2) is 0 Å². The Morgan fingerprint density at radius 2 is 1.89 bits per heavy atom. The first-order valence-electron chi connectivity index (χ1n) is 8.26. The Kier molecular flexibility index (Phi) is 6.01. The van der Waals surface area contributed by atoms with E-state index in [1.54, 1.807) is 30.3 Å². The van der Waals surface area contributed by atoms with Crippen LogP contribution in [0.4, 0.5) is 0 Å². The number of carboxylic acid groups (broad SMARTS) is 1. The van der Waals surface area contributed by atoms with Crippen molar-refractivity contribution < 1.29 is 23.1 Å². The molecular formula is C18H16N2O5S3. The van der Waals surface area contributed by atoms with Crippen molar-refractivity contribution in [1.82, 2.24) is 8.87 Å². The van der Waals surface area contributed by atoms with E-state index in [0.29, 0.717) is 14.9 Å². The normalized spacial score (nSPS) is 16.1. The first-order chi connectivity index (χ1) is 13.3. The molecule has 1 saturated heterocycles. The maximum absolute atomic E-state index is 12.9. The molecule has 0 spiro atoms. The van der Waals surface area contributed by atoms with Crippen molar-refractivity contribution in [3.8, 4) is 0 Å². The van der Waals surface area contributed by atoms with Crippen molar-refractivity contribution in [2.24, 2.45) is 0 Å². The molecule has 2 heterocycles. The Bertz CT molecular complexity index is 1060. The Balaban J connectivity index is 1.86. The van der Waals surface area contributed by atoms with Crippen LogP contribution in [0.1, 0.15) is 18.5 Å². The van der Waals surface area contributed by atoms with E-state index in [4.69, 9.17) is 17.3 Å². The molecule has 0 bridgehead atoms. The second-order valence-electron chi connectivity index (χ2n) is 5.88. The van der Waals surface area contributed by atoms with Crippen LogP contribution >= 0.6 is 24.0 Å². The van der Waals surface area contributed by atoms with E-state index in [2.05, 4.69) is 0 Å². The molecule has 0 saturated carbocycles. The number of rotatable bonds is 7. The van der Waals surface area contributed by atoms with Gasteiger partial charge in [-0.15, -0.1) is 0 Å². The van der Waals surface area contributed by atoms with Crippen LogP contribution in [0, 0.1) is 0 Å². The second kappa shape index (κ2) is 8.29. The van der Waals surface area contributed by atoms with Gasteiger partial charge in [-0.3, -0.25) is 14.5 Å². The monoisotopic (exact) mass is 436 g/mol. The lowest BCUT2D eigenvalue weighted by Gasteiger charge is -2.13. The number of carbonyl (C=O) groups is 2. The first kappa shape index (κ1) is 20.3. The van der Waals surface area contributed by atoms with Gasteiger partial charge in [0.05, 0.1) is 15.5 Å². The van der Waals surface area contributed by atoms with E-state index in [1.807, 2.05) is 0 Å². The number of aromatic nitrogens is 1. The van der Waals surface area contributed by atoms with Crippen LogP contribution in [-0.2, 0) is 19.6 Å². The number of benzene rings is 1. The largest absolute Gasteiger partial charge is 0.481 e. The smallest absolute Gasteiger partial charge is 0.303 e. The third-order valence-electron chi connectivity index (χ3n) is 3.97. The van der Waals surface area contributed by atoms with Gasteiger partial charge in [0.1, 0.15) is 4.32 Å². The number of amides is 1. The standard InChI is InChI=1S/C18H16N2O5S3/c21-16(22)9-5-10-19-17(23)15(27-18(19)26)12-13-6-4-11-20(13)28(24,25)14-7-2-1-3-8-14/h1-4,6-8,11-12H,5,9-10H2,(H,21,22)/b15-12+. The minimum Gasteiger partial charge on any atom is -0.481 e. The van der Waals surface area contributed by atoms with Crippen LogP contribution in [0.25, 0.3) is 6.08 Å². The summed E-state index contributed by atoms with van der Waals surface area (Å²) in [5.74, 6) is -1.30. The second-order valence-corrected chi connectivity index (χ2v) is 9.37. The predicted octanol–water partition coefficient (Wildman–Crippen LogP) is 2.79. The van der Waals surface area contributed by atoms with Crippen LogP contribution < -0.4 is 0 Å². The number of carbonyl (C=O) groups excluding carboxylic acids is 1. The molecule has 1 aliphatic rings. The van der Waals surface area contributed by atoms with Crippen molar-refractivity contribution in [3.05, 3.63) is 59.3 Å². The molecule has 1 N–H and O–H groups in total. The van der Waals surface area contributed by atoms with Crippen LogP contribution in [-0.4, -0.2) is 45.1 Å². The molecule has 146 valence electrons. The van der Waals surface area contributed by atoms with Gasteiger partial charge in [-0.2, -0.15) is 0 Å². The highest BCUT2D eigenvalue weighted by atomic mass is 32.2. The fourth-order valence-electron chi connectivity index (χ4n) is 2.63. The zero-order valence-corrected chi connectivity index (χ0v) is 17.0. The van der Waals surface area contributed by atoms with Crippen molar-refractivity contribution in [2.75, 3.05) is 6.54 Å². The number of carboxylic acids is 1. The molecule has 1 aliphatic heterocycles. The van der Waals surface area contributed by atoms with Gasteiger partial charge >= 0.3 is 5.97 Å². The van der Waals surface area contributed by atoms with Gasteiger partial charge in [-0.1, -0.05) is 42.2 Å². The molecule has 1 amide bonds. The number of thioether (sulfide) groups is 1. The number of nitrogens with zero attached hydrogens (tertiary/aromatic N) is 2. The first-order valence-corrected chi connectivity index (χ1v) is 10.9. The maximum atomic E-state index is 12.9. The lowest BCUT2D eigenvalue weighted by molar-refractivity contribution is -0.137. The van der Waals surface area contributed by atoms with Gasteiger partial charge < -0.3 is 5.11 Å². The summed E-state index contributed by atoms with van der Waals surface area (Å²) in [7, 11) is -3.80. The molecule has 3 rings (SSSR count). The minimum atomic E-state index is -3.80. The summed E-state index contributed by atoms with van der Waals surface area (Å²) in [5.41, 5.74) is 0.329. The van der Waals surface area contributed by atoms with E-state index >= 15 is 0 Å². The molecule has 0 unspecified atom stereocenters. The number of thiocarbonyl (C=S) groups is 1. The van der Waals surface area contributed by atoms with Gasteiger partial charge in [0.2, 0.25) is 0 Å². The number of hydrogen-bond acceptors (Lipinski definition) is 6. The van der Waals surface area contributed by atoms with Gasteiger partial charge in [-0.05, 0) is 36.8 Å². The average Bonchev–Trinajstić information content (AvgIpc) is 3.23. The zero-order chi connectivity index (χ0) is 20.3. The topological polar surface area (TPSA) is 96.7 Å². The molecule has 0 aliphatic carbocycles. The quantitative estimate of drug-likeness (QED) is 0.527. The summed E-state index contributed by atoms with van der Waals surface area (Å²) in [6.45, 7) is 0.206. The van der Waals surface area contributed by atoms with Gasteiger partial charge in [-0.25, -0.2) is 12.4 Å². The molecule has 1 fully saturated rings. The van der Waals surface area contributed by atoms with Crippen molar-refractivity contribution >= 4 is 56.3 Å². The molecule has 7 nitrogen and oxygen atoms in total. The Morgan fingerprint density at radius 3 is 2.57 bits per heavy atom. The highest BCUT2D eigenvalue weighted by Gasteiger charge is 2.32. The molecule has 0 radical (unpaired) electrons. The summed E-state index contributed by atoms with van der Waals surface area (Å²) in [6.07, 6.45) is 3.13. The molecule has 0 atom stereocenters. The van der Waals surface area contributed by atoms with Crippen LogP contribution in [0.3, 0.4) is 0 Å². The van der Waals surface area contributed by atoms with Crippen LogP contribution in [0.2, 0.25) is 0 Å². The summed E-state index contributed by atoms with van der Waals surface area (Å²) in [5, 5.41) is 8.73. The Morgan fingerprint density at radius 1 is 1.18 bits per heavy atom. The van der Waals surface area contributed by atoms with E-state index in [1.165, 1.54) is 29.3 Å². The van der Waals surface area contributed by atoms with Gasteiger partial charge in [0, 0.05) is 19.2 Å². The highest BCUT2D eigenvalue weighted by Crippen LogP contribution is 2.33. The van der Waals surface area contributed by atoms with E-state index in [9.17, 15) is 18.0 Å². The minimum absolute atomic E-state index is 0.0612. The lowest BCUT2D eigenvalue weighted by Crippen LogP contribution is -2.29. The fraction of sp³-hybridized carbons (Fsp3) is 0.167. The van der Waals surface area contributed by atoms with Crippen LogP contribution in [0.5, 0.6) is 0 Å². The fourth-order valence-corrected chi connectivity index (χ4v) is 5.27. The summed E-state index contributed by atoms with van der Waals surface area (Å²) in [6, 6.07) is 11.2. The summed E-state index contributed by atoms with van der Waals surface area (Å²) >= 11 is 6.27. The lowest BCUT2D eigenvalue weighted by atomic mass is 10.3. The Hall–Kier alpha value is -2.43. The van der Waals surface area contributed by atoms with Gasteiger partial charge in [0.25, 0.3) is 15.9 Å². The molecule has 1 aromatic heterocycles. The summed E-state index contributed by atoms with van der Waals surface area (Å²) in [4.78, 5) is 25.0. The van der Waals surface area contributed by atoms with Crippen molar-refractivity contribution in [3.63, 3.8) is 0 Å².